The van der Waals surface area contributed by atoms with Crippen LogP contribution in [0.1, 0.15) is 5.56 Å². The zero-order chi connectivity index (χ0) is 25.6. The van der Waals surface area contributed by atoms with Gasteiger partial charge in [0.15, 0.2) is 0 Å². The number of fused-ring (bicyclic) bond motifs is 2. The molecule has 2 aliphatic heterocycles. The highest BCUT2D eigenvalue weighted by Crippen LogP contribution is 2.42. The highest BCUT2D eigenvalue weighted by molar-refractivity contribution is 7.99. The molecule has 0 aromatic heterocycles. The molecule has 0 aliphatic carbocycles. The van der Waals surface area contributed by atoms with Gasteiger partial charge in [-0.15, -0.1) is 4.90 Å². The molecule has 1 unspecified atom stereocenters. The molecule has 2 aliphatic rings. The molecule has 2 aromatic rings. The SMILES string of the molecule is NC(O)(CO)OCC(O)(O)N1C(O)(O)CN(C2=Nc3ccccc3Sc3ccccc32)CC1(O)O. The number of piperazine rings is 1. The van der Waals surface area contributed by atoms with E-state index >= 15 is 0 Å². The second kappa shape index (κ2) is 9.04. The Balaban J connectivity index is 1.70. The van der Waals surface area contributed by atoms with E-state index in [1.54, 1.807) is 24.3 Å². The van der Waals surface area contributed by atoms with Gasteiger partial charge in [0, 0.05) is 15.4 Å². The van der Waals surface area contributed by atoms with Crippen LogP contribution >= 0.6 is 11.8 Å². The molecular formula is C21H26N4O9S. The number of β-amino-alcohol motifs (C(OH)–C–C–N with tert-alkyl or cyclic N) is 4. The van der Waals surface area contributed by atoms with Gasteiger partial charge in [-0.25, -0.2) is 4.99 Å². The first-order valence-corrected chi connectivity index (χ1v) is 11.2. The smallest absolute Gasteiger partial charge is 0.258 e. The van der Waals surface area contributed by atoms with Crippen molar-refractivity contribution in [2.45, 2.75) is 33.4 Å². The number of hydrogen-bond donors (Lipinski definition) is 9. The van der Waals surface area contributed by atoms with Crippen LogP contribution in [-0.2, 0) is 4.74 Å². The normalized spacial score (nSPS) is 21.4. The number of rotatable bonds is 5. The lowest BCUT2D eigenvalue weighted by Crippen LogP contribution is -2.80. The van der Waals surface area contributed by atoms with Crippen molar-refractivity contribution in [2.24, 2.45) is 10.7 Å². The van der Waals surface area contributed by atoms with E-state index in [1.807, 2.05) is 24.3 Å². The van der Waals surface area contributed by atoms with Gasteiger partial charge in [-0.1, -0.05) is 42.1 Å². The fourth-order valence-corrected chi connectivity index (χ4v) is 4.98. The minimum atomic E-state index is -3.47. The predicted octanol–water partition coefficient (Wildman–Crippen LogP) is -2.62. The van der Waals surface area contributed by atoms with E-state index in [9.17, 15) is 35.7 Å². The number of benzene rings is 2. The molecule has 10 N–H and O–H groups in total. The van der Waals surface area contributed by atoms with Crippen LogP contribution in [0.2, 0.25) is 0 Å². The van der Waals surface area contributed by atoms with Crippen LogP contribution in [0.3, 0.4) is 0 Å². The van der Waals surface area contributed by atoms with Gasteiger partial charge < -0.3 is 50.5 Å². The number of nitrogens with zero attached hydrogens (tertiary/aromatic N) is 3. The molecule has 35 heavy (non-hydrogen) atoms. The molecule has 2 aromatic carbocycles. The largest absolute Gasteiger partial charge is 0.389 e. The molecule has 0 radical (unpaired) electrons. The van der Waals surface area contributed by atoms with Gasteiger partial charge in [0.25, 0.3) is 17.7 Å². The van der Waals surface area contributed by atoms with Crippen molar-refractivity contribution < 1.29 is 45.6 Å². The fourth-order valence-electron chi connectivity index (χ4n) is 3.96. The summed E-state index contributed by atoms with van der Waals surface area (Å²) in [5, 5.41) is 82.3. The second-order valence-corrected chi connectivity index (χ2v) is 9.39. The molecule has 0 amide bonds. The summed E-state index contributed by atoms with van der Waals surface area (Å²) in [4.78, 5) is 7.20. The van der Waals surface area contributed by atoms with Gasteiger partial charge in [0.2, 0.25) is 5.91 Å². The molecule has 4 rings (SSSR count). The van der Waals surface area contributed by atoms with Gasteiger partial charge in [-0.05, 0) is 18.2 Å². The van der Waals surface area contributed by atoms with E-state index in [2.05, 4.69) is 9.73 Å². The highest BCUT2D eigenvalue weighted by Gasteiger charge is 2.61. The molecule has 1 fully saturated rings. The van der Waals surface area contributed by atoms with Crippen molar-refractivity contribution in [1.82, 2.24) is 9.80 Å². The summed E-state index contributed by atoms with van der Waals surface area (Å²) in [6.07, 6.45) is 0. The number of aliphatic hydroxyl groups is 8. The third-order valence-electron chi connectivity index (χ3n) is 5.36. The van der Waals surface area contributed by atoms with Crippen LogP contribution in [0.4, 0.5) is 5.69 Å². The Bertz CT molecular complexity index is 1110. The van der Waals surface area contributed by atoms with Crippen LogP contribution in [0.15, 0.2) is 63.3 Å². The first-order chi connectivity index (χ1) is 16.3. The second-order valence-electron chi connectivity index (χ2n) is 8.31. The van der Waals surface area contributed by atoms with Crippen molar-refractivity contribution in [3.63, 3.8) is 0 Å². The number of hydrogen-bond acceptors (Lipinski definition) is 14. The van der Waals surface area contributed by atoms with E-state index in [0.717, 1.165) is 9.79 Å². The summed E-state index contributed by atoms with van der Waals surface area (Å²) >= 11 is 1.43. The minimum absolute atomic E-state index is 0.187. The minimum Gasteiger partial charge on any atom is -0.389 e. The summed E-state index contributed by atoms with van der Waals surface area (Å²) < 4.78 is 4.59. The predicted molar refractivity (Wildman–Crippen MR) is 120 cm³/mol. The molecule has 0 spiro atoms. The van der Waals surface area contributed by atoms with Gasteiger partial charge in [-0.3, -0.25) is 5.73 Å². The Labute approximate surface area is 203 Å². The van der Waals surface area contributed by atoms with Crippen LogP contribution < -0.4 is 5.73 Å². The van der Waals surface area contributed by atoms with Crippen LogP contribution in [-0.4, -0.2) is 106 Å². The number of aliphatic hydroxyl groups excluding tert-OH is 1. The van der Waals surface area contributed by atoms with Crippen molar-refractivity contribution in [1.29, 1.82) is 0 Å². The van der Waals surface area contributed by atoms with Crippen molar-refractivity contribution >= 4 is 23.3 Å². The average Bonchev–Trinajstić information content (AvgIpc) is 2.93. The van der Waals surface area contributed by atoms with E-state index in [-0.39, 0.29) is 10.7 Å². The molecular weight excluding hydrogens is 484 g/mol. The molecule has 0 saturated carbocycles. The number of para-hydroxylation sites is 1. The van der Waals surface area contributed by atoms with Gasteiger partial charge in [0.05, 0.1) is 18.8 Å². The van der Waals surface area contributed by atoms with Gasteiger partial charge >= 0.3 is 0 Å². The summed E-state index contributed by atoms with van der Waals surface area (Å²) in [5.74, 6) is -12.5. The molecule has 14 heteroatoms. The molecule has 2 heterocycles. The third kappa shape index (κ3) is 5.19. The molecule has 13 nitrogen and oxygen atoms in total. The highest BCUT2D eigenvalue weighted by atomic mass is 32.2. The monoisotopic (exact) mass is 510 g/mol. The number of nitrogens with two attached hydrogens (primary N) is 1. The summed E-state index contributed by atoms with van der Waals surface area (Å²) in [6, 6.07) is 14.4. The lowest BCUT2D eigenvalue weighted by molar-refractivity contribution is -0.497. The topological polar surface area (TPSA) is 216 Å². The zero-order valence-corrected chi connectivity index (χ0v) is 19.1. The number of amidine groups is 1. The van der Waals surface area contributed by atoms with Crippen molar-refractivity contribution in [2.75, 3.05) is 26.3 Å². The van der Waals surface area contributed by atoms with E-state index in [1.165, 1.54) is 16.7 Å². The number of ether oxygens (including phenoxy) is 1. The maximum atomic E-state index is 10.7. The maximum absolute atomic E-state index is 10.7. The third-order valence-corrected chi connectivity index (χ3v) is 6.50. The van der Waals surface area contributed by atoms with Crippen LogP contribution in [0.25, 0.3) is 0 Å². The van der Waals surface area contributed by atoms with Crippen LogP contribution in [0.5, 0.6) is 0 Å². The summed E-state index contributed by atoms with van der Waals surface area (Å²) in [7, 11) is 0. The van der Waals surface area contributed by atoms with Crippen LogP contribution in [0, 0.1) is 0 Å². The van der Waals surface area contributed by atoms with Gasteiger partial charge in [0.1, 0.15) is 19.0 Å². The van der Waals surface area contributed by atoms with Gasteiger partial charge in [-0.2, -0.15) is 0 Å². The standard InChI is InChI=1S/C21H26N4O9S/c22-18(27,11-26)34-12-21(32,33)25-19(28,29)9-24(10-20(25,30)31)17-13-5-1-3-7-15(13)35-16-8-4-2-6-14(16)23-17/h1-8,26-33H,9-12,22H2. The summed E-state index contributed by atoms with van der Waals surface area (Å²) in [6.45, 7) is -4.04. The first-order valence-electron chi connectivity index (χ1n) is 10.4. The molecule has 1 saturated heterocycles. The van der Waals surface area contributed by atoms with E-state index in [4.69, 9.17) is 10.8 Å². The summed E-state index contributed by atoms with van der Waals surface area (Å²) in [5.41, 5.74) is 6.31. The Kier molecular flexibility index (Phi) is 6.69. The Morgan fingerprint density at radius 1 is 0.943 bits per heavy atom. The lowest BCUT2D eigenvalue weighted by Gasteiger charge is -2.54. The van der Waals surface area contributed by atoms with Crippen molar-refractivity contribution in [3.05, 3.63) is 54.1 Å². The Morgan fingerprint density at radius 2 is 1.51 bits per heavy atom. The fraction of sp³-hybridized carbons (Fsp3) is 0.381. The Hall–Kier alpha value is -2.18. The maximum Gasteiger partial charge on any atom is 0.258 e. The Morgan fingerprint density at radius 3 is 2.14 bits per heavy atom. The lowest BCUT2D eigenvalue weighted by atomic mass is 10.1. The molecule has 0 bridgehead atoms. The number of aliphatic imine (C=N–C) groups is 1. The van der Waals surface area contributed by atoms with E-state index < -0.39 is 49.9 Å². The zero-order valence-electron chi connectivity index (χ0n) is 18.3. The van der Waals surface area contributed by atoms with Crippen molar-refractivity contribution in [3.8, 4) is 0 Å². The average molecular weight is 511 g/mol. The molecule has 190 valence electrons. The quantitative estimate of drug-likeness (QED) is 0.188. The van der Waals surface area contributed by atoms with E-state index in [0.29, 0.717) is 11.3 Å². The molecule has 1 atom stereocenters. The first kappa shape index (κ1) is 25.9.